The van der Waals surface area contributed by atoms with Crippen LogP contribution in [-0.2, 0) is 6.42 Å². The monoisotopic (exact) mass is 258 g/mol. The van der Waals surface area contributed by atoms with Crippen LogP contribution in [0.15, 0.2) is 18.3 Å². The smallest absolute Gasteiger partial charge is 0.0482 e. The van der Waals surface area contributed by atoms with Gasteiger partial charge in [0.05, 0.1) is 0 Å². The SMILES string of the molecule is CCNC(C1CCc2cccnc21)C1CCCC1C. The molecule has 4 atom stereocenters. The van der Waals surface area contributed by atoms with Crippen molar-refractivity contribution in [3.8, 4) is 0 Å². The number of nitrogens with zero attached hydrogens (tertiary/aromatic N) is 1. The van der Waals surface area contributed by atoms with E-state index in [1.807, 2.05) is 6.20 Å². The molecule has 0 saturated heterocycles. The van der Waals surface area contributed by atoms with Crippen LogP contribution in [0.1, 0.15) is 56.7 Å². The maximum Gasteiger partial charge on any atom is 0.0482 e. The lowest BCUT2D eigenvalue weighted by Crippen LogP contribution is -2.41. The number of hydrogen-bond acceptors (Lipinski definition) is 2. The van der Waals surface area contributed by atoms with Gasteiger partial charge in [0.2, 0.25) is 0 Å². The molecule has 1 aromatic heterocycles. The first kappa shape index (κ1) is 13.1. The summed E-state index contributed by atoms with van der Waals surface area (Å²) in [6.07, 6.45) is 8.70. The van der Waals surface area contributed by atoms with Crippen LogP contribution < -0.4 is 5.32 Å². The summed E-state index contributed by atoms with van der Waals surface area (Å²) in [5, 5.41) is 3.80. The Bertz CT molecular complexity index is 429. The van der Waals surface area contributed by atoms with Crippen molar-refractivity contribution in [3.63, 3.8) is 0 Å². The first-order chi connectivity index (χ1) is 9.31. The molecule has 4 unspecified atom stereocenters. The number of fused-ring (bicyclic) bond motifs is 1. The highest BCUT2D eigenvalue weighted by molar-refractivity contribution is 5.30. The van der Waals surface area contributed by atoms with Crippen molar-refractivity contribution >= 4 is 0 Å². The first-order valence-corrected chi connectivity index (χ1v) is 7.98. The number of hydrogen-bond donors (Lipinski definition) is 1. The molecule has 1 aromatic rings. The van der Waals surface area contributed by atoms with E-state index in [0.717, 1.165) is 18.4 Å². The van der Waals surface area contributed by atoms with Gasteiger partial charge in [0.15, 0.2) is 0 Å². The van der Waals surface area contributed by atoms with Gasteiger partial charge in [-0.25, -0.2) is 0 Å². The van der Waals surface area contributed by atoms with Crippen molar-refractivity contribution in [3.05, 3.63) is 29.6 Å². The molecule has 1 N–H and O–H groups in total. The molecule has 2 aliphatic rings. The minimum Gasteiger partial charge on any atom is -0.313 e. The van der Waals surface area contributed by atoms with Crippen LogP contribution in [0.3, 0.4) is 0 Å². The van der Waals surface area contributed by atoms with E-state index in [1.165, 1.54) is 43.4 Å². The third-order valence-corrected chi connectivity index (χ3v) is 5.26. The zero-order chi connectivity index (χ0) is 13.2. The number of aryl methyl sites for hydroxylation is 1. The molecular weight excluding hydrogens is 232 g/mol. The fourth-order valence-corrected chi connectivity index (χ4v) is 4.33. The highest BCUT2D eigenvalue weighted by Crippen LogP contribution is 2.42. The second kappa shape index (κ2) is 5.62. The Kier molecular flexibility index (Phi) is 3.88. The lowest BCUT2D eigenvalue weighted by molar-refractivity contribution is 0.261. The van der Waals surface area contributed by atoms with Crippen molar-refractivity contribution in [2.24, 2.45) is 11.8 Å². The Balaban J connectivity index is 1.85. The van der Waals surface area contributed by atoms with E-state index in [0.29, 0.717) is 12.0 Å². The third-order valence-electron chi connectivity index (χ3n) is 5.26. The van der Waals surface area contributed by atoms with Crippen LogP contribution in [0.5, 0.6) is 0 Å². The highest BCUT2D eigenvalue weighted by Gasteiger charge is 2.38. The third kappa shape index (κ3) is 2.43. The van der Waals surface area contributed by atoms with E-state index in [1.54, 1.807) is 0 Å². The number of rotatable bonds is 4. The molecule has 0 radical (unpaired) electrons. The van der Waals surface area contributed by atoms with Gasteiger partial charge in [-0.15, -0.1) is 0 Å². The van der Waals surface area contributed by atoms with Crippen molar-refractivity contribution < 1.29 is 0 Å². The predicted octanol–water partition coefficient (Wildman–Crippen LogP) is 3.53. The Morgan fingerprint density at radius 2 is 2.26 bits per heavy atom. The summed E-state index contributed by atoms with van der Waals surface area (Å²) in [4.78, 5) is 4.70. The van der Waals surface area contributed by atoms with Gasteiger partial charge in [-0.3, -0.25) is 4.98 Å². The van der Waals surface area contributed by atoms with Gasteiger partial charge >= 0.3 is 0 Å². The predicted molar refractivity (Wildman–Crippen MR) is 79.3 cm³/mol. The average Bonchev–Trinajstić information content (AvgIpc) is 3.03. The van der Waals surface area contributed by atoms with E-state index >= 15 is 0 Å². The molecule has 104 valence electrons. The molecule has 0 spiro atoms. The minimum absolute atomic E-state index is 0.638. The molecule has 2 nitrogen and oxygen atoms in total. The zero-order valence-electron chi connectivity index (χ0n) is 12.2. The van der Waals surface area contributed by atoms with Crippen LogP contribution in [0, 0.1) is 11.8 Å². The minimum atomic E-state index is 0.638. The molecule has 0 aromatic carbocycles. The van der Waals surface area contributed by atoms with Gasteiger partial charge in [-0.2, -0.15) is 0 Å². The molecule has 2 heteroatoms. The number of likely N-dealkylation sites (N-methyl/N-ethyl adjacent to an activating group) is 1. The Labute approximate surface area is 117 Å². The van der Waals surface area contributed by atoms with Crippen LogP contribution in [0.2, 0.25) is 0 Å². The number of aromatic nitrogens is 1. The molecule has 1 fully saturated rings. The van der Waals surface area contributed by atoms with Crippen molar-refractivity contribution in [1.82, 2.24) is 10.3 Å². The Hall–Kier alpha value is -0.890. The molecule has 0 bridgehead atoms. The Morgan fingerprint density at radius 1 is 1.37 bits per heavy atom. The van der Waals surface area contributed by atoms with Crippen molar-refractivity contribution in [2.45, 2.75) is 57.9 Å². The molecule has 19 heavy (non-hydrogen) atoms. The standard InChI is InChI=1S/C17H26N2/c1-3-18-17(14-8-4-6-12(14)2)15-10-9-13-7-5-11-19-16(13)15/h5,7,11-12,14-15,17-18H,3-4,6,8-10H2,1-2H3. The molecule has 0 aliphatic heterocycles. The molecule has 1 saturated carbocycles. The number of pyridine rings is 1. The summed E-state index contributed by atoms with van der Waals surface area (Å²) in [6, 6.07) is 4.99. The van der Waals surface area contributed by atoms with Crippen molar-refractivity contribution in [1.29, 1.82) is 0 Å². The second-order valence-corrected chi connectivity index (χ2v) is 6.35. The normalized spacial score (nSPS) is 31.4. The van der Waals surface area contributed by atoms with Crippen LogP contribution in [0.25, 0.3) is 0 Å². The second-order valence-electron chi connectivity index (χ2n) is 6.35. The van der Waals surface area contributed by atoms with Crippen LogP contribution in [0.4, 0.5) is 0 Å². The maximum absolute atomic E-state index is 4.70. The summed E-state index contributed by atoms with van der Waals surface area (Å²) in [5.41, 5.74) is 2.87. The van der Waals surface area contributed by atoms with E-state index < -0.39 is 0 Å². The van der Waals surface area contributed by atoms with Gasteiger partial charge in [-0.05, 0) is 49.3 Å². The largest absolute Gasteiger partial charge is 0.313 e. The van der Waals surface area contributed by atoms with Crippen molar-refractivity contribution in [2.75, 3.05) is 6.54 Å². The molecule has 0 amide bonds. The summed E-state index contributed by atoms with van der Waals surface area (Å²) in [6.45, 7) is 5.75. The summed E-state index contributed by atoms with van der Waals surface area (Å²) in [7, 11) is 0. The van der Waals surface area contributed by atoms with Gasteiger partial charge in [0, 0.05) is 23.9 Å². The highest BCUT2D eigenvalue weighted by atomic mass is 14.9. The molecule has 1 heterocycles. The summed E-state index contributed by atoms with van der Waals surface area (Å²) >= 11 is 0. The van der Waals surface area contributed by atoms with Gasteiger partial charge < -0.3 is 5.32 Å². The quantitative estimate of drug-likeness (QED) is 0.893. The van der Waals surface area contributed by atoms with Gasteiger partial charge in [0.1, 0.15) is 0 Å². The van der Waals surface area contributed by atoms with E-state index in [4.69, 9.17) is 4.98 Å². The zero-order valence-corrected chi connectivity index (χ0v) is 12.2. The topological polar surface area (TPSA) is 24.9 Å². The first-order valence-electron chi connectivity index (χ1n) is 7.98. The fraction of sp³-hybridized carbons (Fsp3) is 0.706. The lowest BCUT2D eigenvalue weighted by Gasteiger charge is -2.32. The summed E-state index contributed by atoms with van der Waals surface area (Å²) < 4.78 is 0. The van der Waals surface area contributed by atoms with Gasteiger partial charge in [0.25, 0.3) is 0 Å². The lowest BCUT2D eigenvalue weighted by atomic mass is 9.81. The Morgan fingerprint density at radius 3 is 3.00 bits per heavy atom. The molecular formula is C17H26N2. The van der Waals surface area contributed by atoms with Crippen LogP contribution >= 0.6 is 0 Å². The average molecular weight is 258 g/mol. The van der Waals surface area contributed by atoms with Crippen LogP contribution in [-0.4, -0.2) is 17.6 Å². The van der Waals surface area contributed by atoms with E-state index in [-0.39, 0.29) is 0 Å². The van der Waals surface area contributed by atoms with E-state index in [2.05, 4.69) is 31.3 Å². The number of nitrogens with one attached hydrogen (secondary N) is 1. The van der Waals surface area contributed by atoms with E-state index in [9.17, 15) is 0 Å². The summed E-state index contributed by atoms with van der Waals surface area (Å²) in [5.74, 6) is 2.36. The molecule has 2 aliphatic carbocycles. The fourth-order valence-electron chi connectivity index (χ4n) is 4.33. The van der Waals surface area contributed by atoms with Gasteiger partial charge in [-0.1, -0.05) is 32.8 Å². The maximum atomic E-state index is 4.70. The molecule has 3 rings (SSSR count).